The molecule has 1 aliphatic rings. The van der Waals surface area contributed by atoms with Crippen LogP contribution in [-0.4, -0.2) is 32.1 Å². The van der Waals surface area contributed by atoms with Crippen LogP contribution in [0.2, 0.25) is 0 Å². The maximum atomic E-state index is 12.8. The third-order valence-electron chi connectivity index (χ3n) is 4.92. The molecular formula is C21H21N2O5S+. The van der Waals surface area contributed by atoms with E-state index in [1.807, 2.05) is 0 Å². The van der Waals surface area contributed by atoms with Crippen LogP contribution in [0.15, 0.2) is 39.5 Å². The molecule has 1 unspecified atom stereocenters. The van der Waals surface area contributed by atoms with Gasteiger partial charge in [-0.3, -0.25) is 9.59 Å². The third kappa shape index (κ3) is 3.68. The highest BCUT2D eigenvalue weighted by Gasteiger charge is 2.30. The molecule has 1 amide bonds. The maximum Gasteiger partial charge on any atom is 0.341 e. The normalized spacial score (nSPS) is 15.7. The molecule has 3 heterocycles. The van der Waals surface area contributed by atoms with Crippen molar-refractivity contribution in [3.8, 4) is 0 Å². The summed E-state index contributed by atoms with van der Waals surface area (Å²) >= 11 is 1.38. The number of quaternary nitrogens is 1. The number of para-hydroxylation sites is 1. The molecule has 0 radical (unpaired) electrons. The molecule has 150 valence electrons. The fourth-order valence-corrected chi connectivity index (χ4v) is 4.85. The second-order valence-electron chi connectivity index (χ2n) is 6.99. The van der Waals surface area contributed by atoms with Crippen molar-refractivity contribution in [3.05, 3.63) is 62.3 Å². The minimum absolute atomic E-state index is 0.0994. The molecule has 2 N–H and O–H groups in total. The van der Waals surface area contributed by atoms with Gasteiger partial charge < -0.3 is 19.4 Å². The van der Waals surface area contributed by atoms with Crippen LogP contribution in [0.4, 0.5) is 5.00 Å². The van der Waals surface area contributed by atoms with Gasteiger partial charge in [-0.25, -0.2) is 4.79 Å². The van der Waals surface area contributed by atoms with Gasteiger partial charge in [-0.15, -0.1) is 11.3 Å². The van der Waals surface area contributed by atoms with E-state index in [0.717, 1.165) is 30.0 Å². The lowest BCUT2D eigenvalue weighted by molar-refractivity contribution is -0.895. The van der Waals surface area contributed by atoms with Gasteiger partial charge in [0.05, 0.1) is 36.0 Å². The molecule has 29 heavy (non-hydrogen) atoms. The summed E-state index contributed by atoms with van der Waals surface area (Å²) in [6.07, 6.45) is 0.743. The lowest BCUT2D eigenvalue weighted by Gasteiger charge is -2.19. The van der Waals surface area contributed by atoms with Crippen LogP contribution in [0, 0.1) is 0 Å². The summed E-state index contributed by atoms with van der Waals surface area (Å²) in [6.45, 7) is 3.69. The Morgan fingerprint density at radius 2 is 2.10 bits per heavy atom. The van der Waals surface area contributed by atoms with E-state index in [2.05, 4.69) is 12.4 Å². The number of benzene rings is 1. The first-order chi connectivity index (χ1) is 14.0. The van der Waals surface area contributed by atoms with Crippen LogP contribution in [0.3, 0.4) is 0 Å². The second kappa shape index (κ2) is 7.81. The van der Waals surface area contributed by atoms with Crippen molar-refractivity contribution < 1.29 is 23.6 Å². The predicted molar refractivity (Wildman–Crippen MR) is 110 cm³/mol. The highest BCUT2D eigenvalue weighted by molar-refractivity contribution is 7.17. The summed E-state index contributed by atoms with van der Waals surface area (Å²) in [7, 11) is 2.09. The van der Waals surface area contributed by atoms with Crippen LogP contribution in [0.1, 0.15) is 38.3 Å². The van der Waals surface area contributed by atoms with Crippen molar-refractivity contribution in [1.29, 1.82) is 0 Å². The number of hydrogen-bond donors (Lipinski definition) is 2. The van der Waals surface area contributed by atoms with Gasteiger partial charge in [0.15, 0.2) is 11.2 Å². The lowest BCUT2D eigenvalue weighted by Crippen LogP contribution is -3.08. The third-order valence-corrected chi connectivity index (χ3v) is 6.07. The topological polar surface area (TPSA) is 90.0 Å². The molecular weight excluding hydrogens is 392 g/mol. The number of anilines is 1. The van der Waals surface area contributed by atoms with E-state index in [1.54, 1.807) is 31.2 Å². The highest BCUT2D eigenvalue weighted by Crippen LogP contribution is 2.35. The molecule has 7 nitrogen and oxygen atoms in total. The van der Waals surface area contributed by atoms with Crippen molar-refractivity contribution in [1.82, 2.24) is 0 Å². The molecule has 8 heteroatoms. The molecule has 4 rings (SSSR count). The number of carbonyl (C=O) groups is 2. The van der Waals surface area contributed by atoms with Crippen LogP contribution in [-0.2, 0) is 17.7 Å². The van der Waals surface area contributed by atoms with Crippen LogP contribution in [0.25, 0.3) is 11.0 Å². The molecule has 1 atom stereocenters. The molecule has 0 bridgehead atoms. The molecule has 0 saturated heterocycles. The minimum atomic E-state index is -0.572. The van der Waals surface area contributed by atoms with E-state index in [0.29, 0.717) is 21.5 Å². The molecule has 3 aromatic rings. The van der Waals surface area contributed by atoms with E-state index in [9.17, 15) is 14.4 Å². The lowest BCUT2D eigenvalue weighted by atomic mass is 10.0. The van der Waals surface area contributed by atoms with E-state index in [-0.39, 0.29) is 17.8 Å². The number of carbonyl (C=O) groups excluding carboxylic acids is 2. The quantitative estimate of drug-likeness (QED) is 0.637. The van der Waals surface area contributed by atoms with Gasteiger partial charge in [-0.05, 0) is 24.6 Å². The van der Waals surface area contributed by atoms with Crippen LogP contribution < -0.4 is 15.6 Å². The Morgan fingerprint density at radius 1 is 1.31 bits per heavy atom. The monoisotopic (exact) mass is 413 g/mol. The number of nitrogens with one attached hydrogen (secondary N) is 2. The second-order valence-corrected chi connectivity index (χ2v) is 8.09. The summed E-state index contributed by atoms with van der Waals surface area (Å²) in [5.41, 5.74) is 1.40. The summed E-state index contributed by atoms with van der Waals surface area (Å²) in [4.78, 5) is 40.1. The molecule has 1 aliphatic heterocycles. The highest BCUT2D eigenvalue weighted by atomic mass is 32.1. The number of likely N-dealkylation sites (N-methyl/N-ethyl adjacent to an activating group) is 1. The summed E-state index contributed by atoms with van der Waals surface area (Å²) in [5.74, 6) is -1.12. The average Bonchev–Trinajstić information content (AvgIpc) is 3.05. The van der Waals surface area contributed by atoms with Crippen molar-refractivity contribution in [2.24, 2.45) is 0 Å². The van der Waals surface area contributed by atoms with E-state index < -0.39 is 11.9 Å². The Balaban J connectivity index is 1.71. The largest absolute Gasteiger partial charge is 0.462 e. The number of esters is 1. The van der Waals surface area contributed by atoms with E-state index in [4.69, 9.17) is 9.15 Å². The fourth-order valence-electron chi connectivity index (χ4n) is 3.51. The first-order valence-electron chi connectivity index (χ1n) is 9.45. The zero-order chi connectivity index (χ0) is 20.5. The number of rotatable bonds is 4. The maximum absolute atomic E-state index is 12.8. The minimum Gasteiger partial charge on any atom is -0.462 e. The standard InChI is InChI=1S/C21H20N2O5S/c1-3-27-21(26)18-13-8-9-23(2)11-17(13)29-20(18)22-19(25)16-10-14(24)12-6-4-5-7-15(12)28-16/h4-7,10H,3,8-9,11H2,1-2H3,(H,22,25)/p+1. The molecule has 1 aromatic carbocycles. The van der Waals surface area contributed by atoms with Crippen molar-refractivity contribution >= 4 is 39.2 Å². The fraction of sp³-hybridized carbons (Fsp3) is 0.286. The number of thiophene rings is 1. The van der Waals surface area contributed by atoms with Gasteiger partial charge in [-0.1, -0.05) is 12.1 Å². The Morgan fingerprint density at radius 3 is 2.90 bits per heavy atom. The molecule has 0 aliphatic carbocycles. The Labute approximate surface area is 170 Å². The number of ether oxygens (including phenoxy) is 1. The van der Waals surface area contributed by atoms with Crippen molar-refractivity contribution in [3.63, 3.8) is 0 Å². The smallest absolute Gasteiger partial charge is 0.341 e. The van der Waals surface area contributed by atoms with Crippen molar-refractivity contribution in [2.75, 3.05) is 25.5 Å². The first-order valence-corrected chi connectivity index (χ1v) is 10.3. The average molecular weight is 413 g/mol. The van der Waals surface area contributed by atoms with Crippen LogP contribution in [0.5, 0.6) is 0 Å². The van der Waals surface area contributed by atoms with Gasteiger partial charge in [0.25, 0.3) is 5.91 Å². The molecule has 0 fully saturated rings. The molecule has 0 spiro atoms. The Bertz CT molecular complexity index is 1160. The Hall–Kier alpha value is -2.97. The van der Waals surface area contributed by atoms with Gasteiger partial charge in [0, 0.05) is 12.5 Å². The van der Waals surface area contributed by atoms with E-state index >= 15 is 0 Å². The molecule has 0 saturated carbocycles. The van der Waals surface area contributed by atoms with Gasteiger partial charge in [-0.2, -0.15) is 0 Å². The zero-order valence-corrected chi connectivity index (χ0v) is 17.0. The van der Waals surface area contributed by atoms with Gasteiger partial charge in [0.1, 0.15) is 17.1 Å². The summed E-state index contributed by atoms with van der Waals surface area (Å²) in [6, 6.07) is 7.93. The predicted octanol–water partition coefficient (Wildman–Crippen LogP) is 1.85. The molecule has 2 aromatic heterocycles. The van der Waals surface area contributed by atoms with Gasteiger partial charge in [0.2, 0.25) is 0 Å². The summed E-state index contributed by atoms with van der Waals surface area (Å²) in [5, 5.41) is 3.61. The number of hydrogen-bond acceptors (Lipinski definition) is 6. The van der Waals surface area contributed by atoms with E-state index in [1.165, 1.54) is 22.3 Å². The first kappa shape index (κ1) is 19.4. The Kier molecular flexibility index (Phi) is 5.21. The number of fused-ring (bicyclic) bond motifs is 2. The van der Waals surface area contributed by atoms with Crippen molar-refractivity contribution in [2.45, 2.75) is 19.9 Å². The number of amides is 1. The SMILES string of the molecule is CCOC(=O)c1c(NC(=O)c2cc(=O)c3ccccc3o2)sc2c1CC[NH+](C)C2. The van der Waals surface area contributed by atoms with Gasteiger partial charge >= 0.3 is 5.97 Å². The zero-order valence-electron chi connectivity index (χ0n) is 16.2. The summed E-state index contributed by atoms with van der Waals surface area (Å²) < 4.78 is 10.8. The van der Waals surface area contributed by atoms with Crippen LogP contribution >= 0.6 is 11.3 Å².